The summed E-state index contributed by atoms with van der Waals surface area (Å²) in [5.41, 5.74) is 12.7. The lowest BCUT2D eigenvalue weighted by Crippen LogP contribution is -2.46. The monoisotopic (exact) mass is 2070 g/mol. The topological polar surface area (TPSA) is 378 Å². The molecule has 12 aromatic rings. The summed E-state index contributed by atoms with van der Waals surface area (Å²) < 4.78 is 42.8. The van der Waals surface area contributed by atoms with Crippen molar-refractivity contribution in [3.63, 3.8) is 0 Å². The van der Waals surface area contributed by atoms with Gasteiger partial charge in [-0.15, -0.1) is 0 Å². The first-order chi connectivity index (χ1) is 71.9. The summed E-state index contributed by atoms with van der Waals surface area (Å²) >= 11 is 12.2. The SMILES string of the molecule is CCCCN(CCCC)C(=O)c1cc(C)n(-c2ccc(NC(=O)Nc3cc(Cl)cc(Cl)c3)cc2C(=O)N2Cc3ccccc3C[C@H]2CO)n1.CCCCN(CCCC)C(=O)c1cc(C)n(-c2ccc(NC(=O)Nc3cc(F)cc(F)c3)cc2C(=O)N2Cc3ccccc3C[C@H]2CO)n1.CCCCN(CCCC)C(=O)c1cc(C)n(-c2ccc(NC(=O)Nc3ccc(OC)c(OC)c3)cc2C(=O)N2Cc3ccccc3C[C@H]2CO)n1. The number of halogens is 4. The largest absolute Gasteiger partial charge is 0.493 e. The fraction of sp³-hybridized carbons (Fsp3) is 0.363. The van der Waals surface area contributed by atoms with Crippen LogP contribution < -0.4 is 41.4 Å². The minimum absolute atomic E-state index is 0.0861. The lowest BCUT2D eigenvalue weighted by Gasteiger charge is -2.36. The van der Waals surface area contributed by atoms with Gasteiger partial charge in [0.05, 0.1) is 85.9 Å². The number of aliphatic hydroxyl groups is 3. The van der Waals surface area contributed by atoms with E-state index in [1.165, 1.54) is 20.3 Å². The van der Waals surface area contributed by atoms with E-state index in [9.17, 15) is 67.3 Å². The standard InChI is InChI=1S/C39H48N6O6.C37H42Cl2N6O4.C37H42F2N6O4/c1-6-8-18-43(19-9-7-2)38(48)33-20-26(3)45(42-33)34-16-14-29(40-39(49)41-30-15-17-35(50-4)36(23-30)51-5)22-32(34)37(47)44-24-28-13-11-10-12-27(28)21-31(44)25-46;2*1-4-6-14-43(15-7-5-2)36(48)33-16-24(3)45(42-33)34-13-12-29(40-37(49)41-30-19-27(38)18-28(39)20-30)21-32(34)35(47)44-22-26-11-9-8-10-25(26)17-31(44)23-46/h10-17,20,22-23,31,46H,6-9,18-19,21,24-25H2,1-5H3,(H2,40,41,49);2*8-13,16,18-21,31,46H,4-7,14-15,17,22-23H2,1-3H3,(H2,40,41,49)/t3*31-/m000/s1. The number of fused-ring (bicyclic) bond motifs is 3. The predicted octanol–water partition coefficient (Wildman–Crippen LogP) is 20.9. The summed E-state index contributed by atoms with van der Waals surface area (Å²) in [7, 11) is 3.05. The van der Waals surface area contributed by atoms with Crippen LogP contribution in [0.5, 0.6) is 11.5 Å². The van der Waals surface area contributed by atoms with Crippen molar-refractivity contribution in [1.82, 2.24) is 58.7 Å². The first-order valence-corrected chi connectivity index (χ1v) is 51.5. The fourth-order valence-corrected chi connectivity index (χ4v) is 18.9. The molecule has 0 aliphatic carbocycles. The zero-order valence-electron chi connectivity index (χ0n) is 86.1. The van der Waals surface area contributed by atoms with Gasteiger partial charge in [-0.3, -0.25) is 28.8 Å². The maximum atomic E-state index is 14.6. The van der Waals surface area contributed by atoms with Gasteiger partial charge in [0.15, 0.2) is 28.6 Å². The number of anilines is 6. The van der Waals surface area contributed by atoms with Crippen molar-refractivity contribution in [2.75, 3.05) is 105 Å². The van der Waals surface area contributed by atoms with Gasteiger partial charge >= 0.3 is 18.1 Å². The molecule has 3 aliphatic rings. The number of ether oxygens (including phenoxy) is 2. The second-order valence-electron chi connectivity index (χ2n) is 37.3. The molecule has 0 radical (unpaired) electrons. The summed E-state index contributed by atoms with van der Waals surface area (Å²) in [4.78, 5) is 134. The van der Waals surface area contributed by atoms with Crippen LogP contribution >= 0.6 is 23.2 Å². The molecule has 0 fully saturated rings. The molecule has 32 nitrogen and oxygen atoms in total. The number of methoxy groups -OCH3 is 2. The van der Waals surface area contributed by atoms with Gasteiger partial charge in [-0.2, -0.15) is 15.3 Å². The highest BCUT2D eigenvalue weighted by Crippen LogP contribution is 2.37. The number of aromatic nitrogens is 6. The van der Waals surface area contributed by atoms with Crippen LogP contribution in [0.3, 0.4) is 0 Å². The molecule has 9 aromatic carbocycles. The van der Waals surface area contributed by atoms with Crippen LogP contribution in [0.2, 0.25) is 10.0 Å². The molecule has 0 unspecified atom stereocenters. The van der Waals surface area contributed by atoms with Crippen molar-refractivity contribution in [3.8, 4) is 28.6 Å². The van der Waals surface area contributed by atoms with E-state index in [0.717, 1.165) is 123 Å². The Labute approximate surface area is 877 Å². The maximum absolute atomic E-state index is 14.6. The zero-order valence-corrected chi connectivity index (χ0v) is 87.6. The number of carbonyl (C=O) groups is 9. The van der Waals surface area contributed by atoms with Crippen LogP contribution in [0.25, 0.3) is 17.1 Å². The molecule has 149 heavy (non-hydrogen) atoms. The highest BCUT2D eigenvalue weighted by molar-refractivity contribution is 6.35. The Morgan fingerprint density at radius 3 is 0.893 bits per heavy atom. The van der Waals surface area contributed by atoms with Gasteiger partial charge in [0.1, 0.15) is 11.6 Å². The zero-order chi connectivity index (χ0) is 107. The number of hydrogen-bond donors (Lipinski definition) is 9. The van der Waals surface area contributed by atoms with Crippen LogP contribution in [0, 0.1) is 32.4 Å². The Hall–Kier alpha value is -14.8. The Balaban J connectivity index is 0.000000186. The van der Waals surface area contributed by atoms with Crippen LogP contribution in [0.1, 0.15) is 232 Å². The molecule has 15 rings (SSSR count). The van der Waals surface area contributed by atoms with Gasteiger partial charge in [0, 0.05) is 132 Å². The minimum atomic E-state index is -0.847. The van der Waals surface area contributed by atoms with E-state index in [1.807, 2.05) is 101 Å². The van der Waals surface area contributed by atoms with Crippen LogP contribution in [-0.2, 0) is 38.9 Å². The number of amides is 12. The van der Waals surface area contributed by atoms with E-state index < -0.39 is 53.8 Å². The van der Waals surface area contributed by atoms with Crippen LogP contribution in [0.4, 0.5) is 57.3 Å². The first-order valence-electron chi connectivity index (χ1n) is 50.8. The molecule has 0 spiro atoms. The third kappa shape index (κ3) is 28.4. The Kier molecular flexibility index (Phi) is 39.7. The summed E-state index contributed by atoms with van der Waals surface area (Å²) in [6.45, 7) is 22.0. The van der Waals surface area contributed by atoms with Crippen molar-refractivity contribution >= 4 is 111 Å². The van der Waals surface area contributed by atoms with Gasteiger partial charge in [-0.25, -0.2) is 37.2 Å². The molecule has 0 bridgehead atoms. The van der Waals surface area contributed by atoms with E-state index >= 15 is 0 Å². The van der Waals surface area contributed by atoms with Crippen molar-refractivity contribution in [1.29, 1.82) is 0 Å². The third-order valence-electron chi connectivity index (χ3n) is 26.4. The van der Waals surface area contributed by atoms with Gasteiger partial charge < -0.3 is 86.1 Å². The highest BCUT2D eigenvalue weighted by Gasteiger charge is 2.38. The summed E-state index contributed by atoms with van der Waals surface area (Å²) in [5.74, 6) is -2.28. The molecule has 3 aromatic heterocycles. The molecular formula is C113H132Cl2F2N18O14. The first kappa shape index (κ1) is 111. The maximum Gasteiger partial charge on any atom is 0.323 e. The van der Waals surface area contributed by atoms with E-state index in [-0.39, 0.29) is 89.7 Å². The Morgan fingerprint density at radius 1 is 0.342 bits per heavy atom. The van der Waals surface area contributed by atoms with E-state index in [0.29, 0.717) is 168 Å². The molecule has 786 valence electrons. The van der Waals surface area contributed by atoms with E-state index in [2.05, 4.69) is 78.5 Å². The number of unbranched alkanes of at least 4 members (excludes halogenated alkanes) is 6. The molecule has 36 heteroatoms. The summed E-state index contributed by atoms with van der Waals surface area (Å²) in [6.07, 6.45) is 12.6. The molecule has 3 atom stereocenters. The molecule has 0 saturated carbocycles. The predicted molar refractivity (Wildman–Crippen MR) is 575 cm³/mol. The number of hydrogen-bond acceptors (Lipinski definition) is 17. The molecular weight excluding hydrogens is 1940 g/mol. The summed E-state index contributed by atoms with van der Waals surface area (Å²) in [5, 5.41) is 62.2. The number of carbonyl (C=O) groups excluding carboxylic acids is 9. The average Bonchev–Trinajstić information content (AvgIpc) is 1.76. The summed E-state index contributed by atoms with van der Waals surface area (Å²) in [6, 6.07) is 52.5. The van der Waals surface area contributed by atoms with E-state index in [1.54, 1.807) is 139 Å². The van der Waals surface area contributed by atoms with Gasteiger partial charge in [0.25, 0.3) is 35.4 Å². The third-order valence-corrected chi connectivity index (χ3v) is 26.8. The van der Waals surface area contributed by atoms with Crippen LogP contribution in [-0.4, -0.2) is 219 Å². The Bertz CT molecular complexity index is 6440. The normalized spacial score (nSPS) is 13.8. The highest BCUT2D eigenvalue weighted by atomic mass is 35.5. The van der Waals surface area contributed by atoms with Gasteiger partial charge in [0.2, 0.25) is 0 Å². The minimum Gasteiger partial charge on any atom is -0.493 e. The number of aliphatic hydroxyl groups excluding tert-OH is 3. The van der Waals surface area contributed by atoms with Gasteiger partial charge in [-0.1, -0.05) is 176 Å². The number of rotatable bonds is 38. The number of nitrogens with one attached hydrogen (secondary N) is 6. The average molecular weight is 2080 g/mol. The number of aryl methyl sites for hydroxylation is 3. The smallest absolute Gasteiger partial charge is 0.323 e. The molecule has 0 saturated heterocycles. The molecule has 12 amide bonds. The second kappa shape index (κ2) is 53.2. The van der Waals surface area contributed by atoms with Crippen molar-refractivity contribution in [2.45, 2.75) is 196 Å². The van der Waals surface area contributed by atoms with Crippen molar-refractivity contribution < 1.29 is 76.7 Å². The van der Waals surface area contributed by atoms with Crippen LogP contribution in [0.15, 0.2) is 200 Å². The molecule has 3 aliphatic heterocycles. The number of nitrogens with zero attached hydrogens (tertiary/aromatic N) is 12. The number of urea groups is 3. The Morgan fingerprint density at radius 2 is 0.611 bits per heavy atom. The fourth-order valence-electron chi connectivity index (χ4n) is 18.4. The van der Waals surface area contributed by atoms with Crippen molar-refractivity contribution in [2.24, 2.45) is 0 Å². The quantitative estimate of drug-likeness (QED) is 0.0174. The van der Waals surface area contributed by atoms with Crippen molar-refractivity contribution in [3.05, 3.63) is 306 Å². The number of benzene rings is 9. The lowest BCUT2D eigenvalue weighted by atomic mass is 9.93. The second-order valence-corrected chi connectivity index (χ2v) is 38.2. The molecule has 9 N–H and O–H groups in total. The van der Waals surface area contributed by atoms with E-state index in [4.69, 9.17) is 42.9 Å². The molecule has 6 heterocycles. The lowest BCUT2D eigenvalue weighted by molar-refractivity contribution is 0.0539. The van der Waals surface area contributed by atoms with Gasteiger partial charge in [-0.05, 0) is 227 Å².